The van der Waals surface area contributed by atoms with Gasteiger partial charge in [-0.2, -0.15) is 11.3 Å². The molecule has 0 unspecified atom stereocenters. The van der Waals surface area contributed by atoms with Crippen LogP contribution in [0.15, 0.2) is 33.8 Å². The first kappa shape index (κ1) is 23.2. The highest BCUT2D eigenvalue weighted by atomic mass is 32.1. The van der Waals surface area contributed by atoms with Gasteiger partial charge in [-0.25, -0.2) is 4.98 Å². The molecule has 0 atom stereocenters. The molecule has 3 aromatic rings. The summed E-state index contributed by atoms with van der Waals surface area (Å²) < 4.78 is 17.7. The lowest BCUT2D eigenvalue weighted by Gasteiger charge is -2.27. The van der Waals surface area contributed by atoms with E-state index in [0.29, 0.717) is 54.5 Å². The summed E-state index contributed by atoms with van der Waals surface area (Å²) in [4.78, 5) is 35.2. The van der Waals surface area contributed by atoms with Crippen molar-refractivity contribution in [3.8, 4) is 11.5 Å². The Morgan fingerprint density at radius 2 is 1.94 bits per heavy atom. The van der Waals surface area contributed by atoms with Gasteiger partial charge in [-0.1, -0.05) is 0 Å². The van der Waals surface area contributed by atoms with Crippen molar-refractivity contribution in [3.05, 3.63) is 50.7 Å². The zero-order valence-electron chi connectivity index (χ0n) is 19.1. The van der Waals surface area contributed by atoms with E-state index in [1.807, 2.05) is 16.8 Å². The van der Waals surface area contributed by atoms with Crippen LogP contribution in [0.3, 0.4) is 0 Å². The van der Waals surface area contributed by atoms with E-state index in [2.05, 4.69) is 4.90 Å². The van der Waals surface area contributed by atoms with Gasteiger partial charge in [0.15, 0.2) is 11.5 Å². The molecule has 0 aliphatic carbocycles. The van der Waals surface area contributed by atoms with Crippen LogP contribution in [-0.2, 0) is 29.2 Å². The first-order valence-corrected chi connectivity index (χ1v) is 11.6. The molecule has 0 bridgehead atoms. The number of fused-ring (bicyclic) bond motifs is 1. The van der Waals surface area contributed by atoms with Gasteiger partial charge in [0.05, 0.1) is 44.9 Å². The molecule has 0 saturated carbocycles. The number of morpholine rings is 1. The Balaban J connectivity index is 1.72. The van der Waals surface area contributed by atoms with Crippen LogP contribution in [0.25, 0.3) is 10.9 Å². The third-order valence-electron chi connectivity index (χ3n) is 5.73. The lowest BCUT2D eigenvalue weighted by molar-refractivity contribution is -0.131. The highest BCUT2D eigenvalue weighted by Crippen LogP contribution is 2.30. The van der Waals surface area contributed by atoms with Gasteiger partial charge in [-0.05, 0) is 28.5 Å². The van der Waals surface area contributed by atoms with Crippen LogP contribution in [0.2, 0.25) is 0 Å². The van der Waals surface area contributed by atoms with Crippen LogP contribution < -0.4 is 15.0 Å². The highest BCUT2D eigenvalue weighted by molar-refractivity contribution is 7.07. The number of methoxy groups -OCH3 is 2. The standard InChI is InChI=1S/C23H28N4O5S/c1-25(12-16-4-9-33-15-16)22(28)14-27-21(13-26-5-7-32-8-6-26)24-18-11-20(31-3)19(30-2)10-17(18)23(27)29/h4,9-11,15H,5-8,12-14H2,1-3H3. The number of hydrogen-bond donors (Lipinski definition) is 0. The molecule has 33 heavy (non-hydrogen) atoms. The SMILES string of the molecule is COc1cc2nc(CN3CCOCC3)n(CC(=O)N(C)Cc3ccsc3)c(=O)c2cc1OC. The van der Waals surface area contributed by atoms with Crippen molar-refractivity contribution in [2.45, 2.75) is 19.6 Å². The third-order valence-corrected chi connectivity index (χ3v) is 6.46. The molecule has 1 aliphatic heterocycles. The number of hydrogen-bond acceptors (Lipinski definition) is 8. The average molecular weight is 473 g/mol. The summed E-state index contributed by atoms with van der Waals surface area (Å²) in [6.07, 6.45) is 0. The minimum Gasteiger partial charge on any atom is -0.493 e. The topological polar surface area (TPSA) is 86.1 Å². The molecule has 0 spiro atoms. The third kappa shape index (κ3) is 5.18. The fourth-order valence-electron chi connectivity index (χ4n) is 3.84. The Morgan fingerprint density at radius 1 is 1.21 bits per heavy atom. The molecule has 9 nitrogen and oxygen atoms in total. The van der Waals surface area contributed by atoms with Crippen molar-refractivity contribution in [2.75, 3.05) is 47.6 Å². The maximum Gasteiger partial charge on any atom is 0.262 e. The number of nitrogens with zero attached hydrogens (tertiary/aromatic N) is 4. The molecule has 1 fully saturated rings. The predicted molar refractivity (Wildman–Crippen MR) is 126 cm³/mol. The zero-order valence-corrected chi connectivity index (χ0v) is 19.9. The summed E-state index contributed by atoms with van der Waals surface area (Å²) in [7, 11) is 4.81. The number of carbonyl (C=O) groups is 1. The fraction of sp³-hybridized carbons (Fsp3) is 0.435. The van der Waals surface area contributed by atoms with E-state index in [1.165, 1.54) is 11.7 Å². The molecular weight excluding hydrogens is 444 g/mol. The van der Waals surface area contributed by atoms with E-state index in [-0.39, 0.29) is 18.0 Å². The molecular formula is C23H28N4O5S. The lowest BCUT2D eigenvalue weighted by atomic mass is 10.2. The van der Waals surface area contributed by atoms with Gasteiger partial charge in [0.1, 0.15) is 12.4 Å². The molecule has 0 radical (unpaired) electrons. The number of ether oxygens (including phenoxy) is 3. The van der Waals surface area contributed by atoms with E-state index in [1.54, 1.807) is 42.5 Å². The van der Waals surface area contributed by atoms with Crippen LogP contribution in [0.1, 0.15) is 11.4 Å². The average Bonchev–Trinajstić information content (AvgIpc) is 3.34. The maximum atomic E-state index is 13.5. The van der Waals surface area contributed by atoms with Crippen molar-refractivity contribution < 1.29 is 19.0 Å². The van der Waals surface area contributed by atoms with E-state index >= 15 is 0 Å². The second-order valence-corrected chi connectivity index (χ2v) is 8.69. The Labute approximate surface area is 196 Å². The van der Waals surface area contributed by atoms with E-state index < -0.39 is 0 Å². The number of thiophene rings is 1. The van der Waals surface area contributed by atoms with Crippen molar-refractivity contribution in [1.29, 1.82) is 0 Å². The summed E-state index contributed by atoms with van der Waals surface area (Å²) in [5, 5.41) is 4.37. The van der Waals surface area contributed by atoms with E-state index in [9.17, 15) is 9.59 Å². The van der Waals surface area contributed by atoms with E-state index in [4.69, 9.17) is 19.2 Å². The fourth-order valence-corrected chi connectivity index (χ4v) is 4.50. The van der Waals surface area contributed by atoms with Crippen molar-refractivity contribution in [1.82, 2.24) is 19.4 Å². The lowest BCUT2D eigenvalue weighted by Crippen LogP contribution is -2.40. The monoisotopic (exact) mass is 472 g/mol. The van der Waals surface area contributed by atoms with Crippen LogP contribution in [0.5, 0.6) is 11.5 Å². The summed E-state index contributed by atoms with van der Waals surface area (Å²) >= 11 is 1.59. The second-order valence-electron chi connectivity index (χ2n) is 7.91. The summed E-state index contributed by atoms with van der Waals surface area (Å²) in [6.45, 7) is 3.59. The number of likely N-dealkylation sites (N-methyl/N-ethyl adjacent to an activating group) is 1. The van der Waals surface area contributed by atoms with Gasteiger partial charge in [0, 0.05) is 32.7 Å². The first-order valence-electron chi connectivity index (χ1n) is 10.7. The van der Waals surface area contributed by atoms with Gasteiger partial charge >= 0.3 is 0 Å². The van der Waals surface area contributed by atoms with Crippen LogP contribution in [0, 0.1) is 0 Å². The molecule has 3 heterocycles. The number of aromatic nitrogens is 2. The largest absolute Gasteiger partial charge is 0.493 e. The minimum atomic E-state index is -0.276. The molecule has 4 rings (SSSR count). The Kier molecular flexibility index (Phi) is 7.26. The zero-order chi connectivity index (χ0) is 23.4. The van der Waals surface area contributed by atoms with Crippen LogP contribution in [-0.4, -0.2) is 72.8 Å². The van der Waals surface area contributed by atoms with Crippen LogP contribution >= 0.6 is 11.3 Å². The molecule has 1 saturated heterocycles. The molecule has 1 aromatic carbocycles. The molecule has 176 valence electrons. The van der Waals surface area contributed by atoms with Crippen LogP contribution in [0.4, 0.5) is 0 Å². The second kappa shape index (κ2) is 10.3. The molecule has 0 N–H and O–H groups in total. The highest BCUT2D eigenvalue weighted by Gasteiger charge is 2.21. The smallest absolute Gasteiger partial charge is 0.262 e. The molecule has 1 aliphatic rings. The number of rotatable bonds is 8. The quantitative estimate of drug-likeness (QED) is 0.495. The van der Waals surface area contributed by atoms with Gasteiger partial charge in [-0.3, -0.25) is 19.1 Å². The van der Waals surface area contributed by atoms with Gasteiger partial charge in [0.2, 0.25) is 5.91 Å². The van der Waals surface area contributed by atoms with Crippen molar-refractivity contribution in [3.63, 3.8) is 0 Å². The Hall–Kier alpha value is -2.95. The summed E-state index contributed by atoms with van der Waals surface area (Å²) in [6, 6.07) is 5.31. The molecule has 1 amide bonds. The molecule has 2 aromatic heterocycles. The van der Waals surface area contributed by atoms with Crippen molar-refractivity contribution >= 4 is 28.1 Å². The van der Waals surface area contributed by atoms with Gasteiger partial charge < -0.3 is 19.1 Å². The predicted octanol–water partition coefficient (Wildman–Crippen LogP) is 1.97. The Morgan fingerprint density at radius 3 is 2.61 bits per heavy atom. The number of benzene rings is 1. The molecule has 10 heteroatoms. The first-order chi connectivity index (χ1) is 16.0. The summed E-state index contributed by atoms with van der Waals surface area (Å²) in [5.74, 6) is 1.32. The maximum absolute atomic E-state index is 13.5. The Bertz CT molecular complexity index is 1170. The van der Waals surface area contributed by atoms with Gasteiger partial charge in [-0.15, -0.1) is 0 Å². The normalized spacial score (nSPS) is 14.4. The van der Waals surface area contributed by atoms with E-state index in [0.717, 1.165) is 18.7 Å². The number of amides is 1. The van der Waals surface area contributed by atoms with Crippen molar-refractivity contribution in [2.24, 2.45) is 0 Å². The minimum absolute atomic E-state index is 0.0869. The van der Waals surface area contributed by atoms with Gasteiger partial charge in [0.25, 0.3) is 5.56 Å². The number of carbonyl (C=O) groups excluding carboxylic acids is 1. The summed E-state index contributed by atoms with van der Waals surface area (Å²) in [5.41, 5.74) is 1.29.